The van der Waals surface area contributed by atoms with Crippen molar-refractivity contribution in [2.45, 2.75) is 39.0 Å². The zero-order valence-electron chi connectivity index (χ0n) is 17.5. The van der Waals surface area contributed by atoms with E-state index in [9.17, 15) is 10.2 Å². The summed E-state index contributed by atoms with van der Waals surface area (Å²) >= 11 is 0. The quantitative estimate of drug-likeness (QED) is 0.645. The third-order valence-corrected chi connectivity index (χ3v) is 5.68. The van der Waals surface area contributed by atoms with Gasteiger partial charge in [0.2, 0.25) is 0 Å². The van der Waals surface area contributed by atoms with Crippen molar-refractivity contribution in [2.24, 2.45) is 0 Å². The molecule has 0 spiro atoms. The molecule has 5 nitrogen and oxygen atoms in total. The van der Waals surface area contributed by atoms with Crippen molar-refractivity contribution >= 4 is 0 Å². The molecule has 2 N–H and O–H groups in total. The Bertz CT molecular complexity index is 738. The molecule has 158 valence electrons. The molecule has 1 fully saturated rings. The van der Waals surface area contributed by atoms with Gasteiger partial charge in [0.1, 0.15) is 5.75 Å². The van der Waals surface area contributed by atoms with Gasteiger partial charge in [0.15, 0.2) is 0 Å². The number of benzene rings is 2. The van der Waals surface area contributed by atoms with Crippen LogP contribution in [0, 0.1) is 0 Å². The summed E-state index contributed by atoms with van der Waals surface area (Å²) in [4.78, 5) is 4.98. The monoisotopic (exact) mass is 398 g/mol. The van der Waals surface area contributed by atoms with Gasteiger partial charge in [-0.25, -0.2) is 0 Å². The SMILES string of the molecule is CCOc1ccc(CN2CCN(CCc3ccccc3)C(CCO)C2)cc1CO. The molecule has 1 atom stereocenters. The Morgan fingerprint density at radius 2 is 1.86 bits per heavy atom. The van der Waals surface area contributed by atoms with E-state index in [0.29, 0.717) is 12.6 Å². The topological polar surface area (TPSA) is 56.2 Å². The van der Waals surface area contributed by atoms with Crippen molar-refractivity contribution in [1.82, 2.24) is 9.80 Å². The molecule has 1 aliphatic heterocycles. The standard InChI is InChI=1S/C24H34N2O3/c1-2-29-24-9-8-21(16-22(24)19-28)17-25-13-14-26(23(18-25)11-15-27)12-10-20-6-4-3-5-7-20/h3-9,16,23,27-28H,2,10-15,17-19H2,1H3. The van der Waals surface area contributed by atoms with E-state index < -0.39 is 0 Å². The zero-order chi connectivity index (χ0) is 20.5. The van der Waals surface area contributed by atoms with Crippen LogP contribution < -0.4 is 4.74 Å². The molecule has 2 aromatic rings. The highest BCUT2D eigenvalue weighted by Gasteiger charge is 2.26. The number of piperazine rings is 1. The first-order chi connectivity index (χ1) is 14.2. The van der Waals surface area contributed by atoms with Crippen LogP contribution in [0.25, 0.3) is 0 Å². The van der Waals surface area contributed by atoms with E-state index in [1.54, 1.807) is 0 Å². The number of ether oxygens (including phenoxy) is 1. The average Bonchev–Trinajstić information content (AvgIpc) is 2.75. The summed E-state index contributed by atoms with van der Waals surface area (Å²) in [5, 5.41) is 19.2. The maximum absolute atomic E-state index is 9.65. The minimum absolute atomic E-state index is 0.0103. The highest BCUT2D eigenvalue weighted by atomic mass is 16.5. The molecule has 0 bridgehead atoms. The van der Waals surface area contributed by atoms with Gasteiger partial charge in [-0.1, -0.05) is 36.4 Å². The number of hydrogen-bond donors (Lipinski definition) is 2. The molecule has 3 rings (SSSR count). The van der Waals surface area contributed by atoms with Crippen LogP contribution in [0.4, 0.5) is 0 Å². The minimum Gasteiger partial charge on any atom is -0.494 e. The van der Waals surface area contributed by atoms with Crippen molar-refractivity contribution in [3.05, 3.63) is 65.2 Å². The molecule has 1 saturated heterocycles. The molecule has 1 aliphatic rings. The van der Waals surface area contributed by atoms with Crippen LogP contribution in [-0.2, 0) is 19.6 Å². The van der Waals surface area contributed by atoms with Gasteiger partial charge in [-0.2, -0.15) is 0 Å². The van der Waals surface area contributed by atoms with Crippen molar-refractivity contribution in [3.63, 3.8) is 0 Å². The smallest absolute Gasteiger partial charge is 0.124 e. The normalized spacial score (nSPS) is 18.1. The van der Waals surface area contributed by atoms with E-state index in [0.717, 1.165) is 56.9 Å². The molecule has 5 heteroatoms. The first-order valence-corrected chi connectivity index (χ1v) is 10.7. The molecule has 0 radical (unpaired) electrons. The summed E-state index contributed by atoms with van der Waals surface area (Å²) in [6.45, 7) is 7.63. The van der Waals surface area contributed by atoms with E-state index >= 15 is 0 Å². The molecule has 1 heterocycles. The molecular formula is C24H34N2O3. The van der Waals surface area contributed by atoms with Crippen LogP contribution in [0.2, 0.25) is 0 Å². The lowest BCUT2D eigenvalue weighted by Crippen LogP contribution is -2.53. The Labute approximate surface area is 174 Å². The maximum Gasteiger partial charge on any atom is 0.124 e. The Balaban J connectivity index is 1.58. The van der Waals surface area contributed by atoms with Crippen molar-refractivity contribution in [3.8, 4) is 5.75 Å². The fourth-order valence-corrected chi connectivity index (χ4v) is 4.14. The third kappa shape index (κ3) is 6.28. The van der Waals surface area contributed by atoms with Crippen molar-refractivity contribution in [2.75, 3.05) is 39.4 Å². The lowest BCUT2D eigenvalue weighted by Gasteiger charge is -2.41. The summed E-state index contributed by atoms with van der Waals surface area (Å²) in [7, 11) is 0. The fraction of sp³-hybridized carbons (Fsp3) is 0.500. The first-order valence-electron chi connectivity index (χ1n) is 10.7. The highest BCUT2D eigenvalue weighted by Crippen LogP contribution is 2.22. The largest absolute Gasteiger partial charge is 0.494 e. The zero-order valence-corrected chi connectivity index (χ0v) is 17.5. The van der Waals surface area contributed by atoms with Gasteiger partial charge in [-0.3, -0.25) is 9.80 Å². The Kier molecular flexibility index (Phi) is 8.50. The van der Waals surface area contributed by atoms with Crippen LogP contribution in [0.3, 0.4) is 0 Å². The first kappa shape index (κ1) is 21.8. The van der Waals surface area contributed by atoms with Crippen LogP contribution >= 0.6 is 0 Å². The second-order valence-corrected chi connectivity index (χ2v) is 7.71. The predicted molar refractivity (Wildman–Crippen MR) is 116 cm³/mol. The van der Waals surface area contributed by atoms with Gasteiger partial charge >= 0.3 is 0 Å². The number of aliphatic hydroxyl groups is 2. The van der Waals surface area contributed by atoms with Gasteiger partial charge < -0.3 is 14.9 Å². The molecule has 29 heavy (non-hydrogen) atoms. The molecule has 1 unspecified atom stereocenters. The van der Waals surface area contributed by atoms with Crippen LogP contribution in [0.15, 0.2) is 48.5 Å². The predicted octanol–water partition coefficient (Wildman–Crippen LogP) is 2.69. The number of nitrogens with zero attached hydrogens (tertiary/aromatic N) is 2. The highest BCUT2D eigenvalue weighted by molar-refractivity contribution is 5.37. The summed E-state index contributed by atoms with van der Waals surface area (Å²) in [6, 6.07) is 17.1. The Morgan fingerprint density at radius 3 is 2.59 bits per heavy atom. The van der Waals surface area contributed by atoms with E-state index in [2.05, 4.69) is 46.2 Å². The molecular weight excluding hydrogens is 364 g/mol. The Morgan fingerprint density at radius 1 is 1.03 bits per heavy atom. The van der Waals surface area contributed by atoms with Crippen LogP contribution in [-0.4, -0.2) is 65.4 Å². The van der Waals surface area contributed by atoms with Gasteiger partial charge in [0, 0.05) is 50.9 Å². The minimum atomic E-state index is -0.0103. The fourth-order valence-electron chi connectivity index (χ4n) is 4.14. The van der Waals surface area contributed by atoms with Crippen molar-refractivity contribution < 1.29 is 14.9 Å². The van der Waals surface area contributed by atoms with E-state index in [4.69, 9.17) is 4.74 Å². The van der Waals surface area contributed by atoms with Crippen LogP contribution in [0.1, 0.15) is 30.0 Å². The number of aliphatic hydroxyl groups excluding tert-OH is 2. The van der Waals surface area contributed by atoms with E-state index in [1.165, 1.54) is 11.1 Å². The van der Waals surface area contributed by atoms with E-state index in [-0.39, 0.29) is 13.2 Å². The number of hydrogen-bond acceptors (Lipinski definition) is 5. The average molecular weight is 399 g/mol. The van der Waals surface area contributed by atoms with Gasteiger partial charge in [-0.05, 0) is 43.0 Å². The third-order valence-electron chi connectivity index (χ3n) is 5.68. The second-order valence-electron chi connectivity index (χ2n) is 7.71. The van der Waals surface area contributed by atoms with Crippen LogP contribution in [0.5, 0.6) is 5.75 Å². The lowest BCUT2D eigenvalue weighted by atomic mass is 10.0. The Hall–Kier alpha value is -1.92. The summed E-state index contributed by atoms with van der Waals surface area (Å²) in [5.41, 5.74) is 3.40. The molecule has 0 aromatic heterocycles. The number of rotatable bonds is 10. The van der Waals surface area contributed by atoms with Crippen molar-refractivity contribution in [1.29, 1.82) is 0 Å². The van der Waals surface area contributed by atoms with E-state index in [1.807, 2.05) is 19.1 Å². The molecule has 0 aliphatic carbocycles. The summed E-state index contributed by atoms with van der Waals surface area (Å²) in [5.74, 6) is 0.766. The van der Waals surface area contributed by atoms with Gasteiger partial charge in [-0.15, -0.1) is 0 Å². The van der Waals surface area contributed by atoms with Gasteiger partial charge in [0.25, 0.3) is 0 Å². The molecule has 0 amide bonds. The molecule has 0 saturated carbocycles. The summed E-state index contributed by atoms with van der Waals surface area (Å²) < 4.78 is 5.59. The molecule has 2 aromatic carbocycles. The maximum atomic E-state index is 9.65. The lowest BCUT2D eigenvalue weighted by molar-refractivity contribution is 0.0561. The van der Waals surface area contributed by atoms with Gasteiger partial charge in [0.05, 0.1) is 13.2 Å². The summed E-state index contributed by atoms with van der Waals surface area (Å²) in [6.07, 6.45) is 1.85. The second kappa shape index (κ2) is 11.3.